The van der Waals surface area contributed by atoms with Crippen molar-refractivity contribution in [3.63, 3.8) is 0 Å². The lowest BCUT2D eigenvalue weighted by atomic mass is 10.00. The van der Waals surface area contributed by atoms with Crippen LogP contribution in [0.3, 0.4) is 0 Å². The molecule has 132 valence electrons. The highest BCUT2D eigenvalue weighted by molar-refractivity contribution is 5.94. The number of hydrogen-bond acceptors (Lipinski definition) is 3. The molecule has 3 N–H and O–H groups in total. The van der Waals surface area contributed by atoms with Gasteiger partial charge in [0.1, 0.15) is 5.60 Å². The first-order valence-electron chi connectivity index (χ1n) is 8.21. The van der Waals surface area contributed by atoms with Gasteiger partial charge in [-0.05, 0) is 56.0 Å². The van der Waals surface area contributed by atoms with Crippen LogP contribution in [-0.2, 0) is 11.2 Å². The van der Waals surface area contributed by atoms with Gasteiger partial charge in [-0.1, -0.05) is 36.4 Å². The molecule has 0 aliphatic carbocycles. The quantitative estimate of drug-likeness (QED) is 0.874. The van der Waals surface area contributed by atoms with E-state index in [2.05, 4.69) is 5.32 Å². The number of rotatable bonds is 5. The molecule has 2 amide bonds. The Balaban J connectivity index is 2.01. The Labute approximate surface area is 148 Å². The molecule has 0 aliphatic heterocycles. The lowest BCUT2D eigenvalue weighted by Crippen LogP contribution is -2.33. The second kappa shape index (κ2) is 7.83. The minimum Gasteiger partial charge on any atom is -0.444 e. The first kappa shape index (κ1) is 18.5. The molecule has 2 rings (SSSR count). The van der Waals surface area contributed by atoms with Crippen LogP contribution in [0.15, 0.2) is 48.5 Å². The number of carbonyl (C=O) groups excluding carboxylic acids is 2. The summed E-state index contributed by atoms with van der Waals surface area (Å²) in [6.07, 6.45) is 0.264. The molecule has 0 radical (unpaired) electrons. The van der Waals surface area contributed by atoms with Gasteiger partial charge in [-0.25, -0.2) is 4.79 Å². The van der Waals surface area contributed by atoms with Crippen LogP contribution in [0, 0.1) is 0 Å². The van der Waals surface area contributed by atoms with Crippen molar-refractivity contribution in [2.45, 2.75) is 32.8 Å². The summed E-state index contributed by atoms with van der Waals surface area (Å²) in [5.41, 5.74) is 8.32. The van der Waals surface area contributed by atoms with Gasteiger partial charge in [-0.3, -0.25) is 4.79 Å². The van der Waals surface area contributed by atoms with E-state index >= 15 is 0 Å². The van der Waals surface area contributed by atoms with Gasteiger partial charge < -0.3 is 15.8 Å². The van der Waals surface area contributed by atoms with Gasteiger partial charge in [0.15, 0.2) is 0 Å². The Morgan fingerprint density at radius 2 is 1.68 bits per heavy atom. The van der Waals surface area contributed by atoms with E-state index in [0.717, 1.165) is 16.7 Å². The van der Waals surface area contributed by atoms with E-state index in [9.17, 15) is 9.59 Å². The van der Waals surface area contributed by atoms with Crippen LogP contribution < -0.4 is 11.1 Å². The fourth-order valence-electron chi connectivity index (χ4n) is 2.38. The number of benzene rings is 2. The molecule has 0 bridgehead atoms. The molecule has 5 nitrogen and oxygen atoms in total. The van der Waals surface area contributed by atoms with Gasteiger partial charge in [0.25, 0.3) is 0 Å². The number of primary amides is 1. The molecule has 25 heavy (non-hydrogen) atoms. The van der Waals surface area contributed by atoms with E-state index in [1.165, 1.54) is 0 Å². The number of amides is 2. The molecule has 2 aromatic rings. The number of nitrogens with two attached hydrogens (primary N) is 1. The van der Waals surface area contributed by atoms with E-state index in [0.29, 0.717) is 18.5 Å². The lowest BCUT2D eigenvalue weighted by Gasteiger charge is -2.19. The van der Waals surface area contributed by atoms with Crippen LogP contribution in [0.25, 0.3) is 11.1 Å². The van der Waals surface area contributed by atoms with E-state index in [1.54, 1.807) is 12.1 Å². The fourth-order valence-corrected chi connectivity index (χ4v) is 2.38. The summed E-state index contributed by atoms with van der Waals surface area (Å²) in [6, 6.07) is 15.2. The summed E-state index contributed by atoms with van der Waals surface area (Å²) in [7, 11) is 0. The van der Waals surface area contributed by atoms with Crippen LogP contribution >= 0.6 is 0 Å². The third-order valence-corrected chi connectivity index (χ3v) is 3.49. The predicted octanol–water partition coefficient (Wildman–Crippen LogP) is 3.52. The molecule has 0 heterocycles. The Morgan fingerprint density at radius 3 is 2.32 bits per heavy atom. The number of carbonyl (C=O) groups is 2. The molecular weight excluding hydrogens is 316 g/mol. The van der Waals surface area contributed by atoms with Crippen molar-refractivity contribution >= 4 is 12.0 Å². The van der Waals surface area contributed by atoms with Gasteiger partial charge in [0, 0.05) is 12.1 Å². The van der Waals surface area contributed by atoms with E-state index < -0.39 is 17.6 Å². The summed E-state index contributed by atoms with van der Waals surface area (Å²) in [5.74, 6) is -0.445. The van der Waals surface area contributed by atoms with E-state index in [4.69, 9.17) is 10.5 Å². The summed E-state index contributed by atoms with van der Waals surface area (Å²) in [4.78, 5) is 23.0. The zero-order chi connectivity index (χ0) is 18.4. The maximum atomic E-state index is 11.7. The molecule has 0 fully saturated rings. The van der Waals surface area contributed by atoms with Gasteiger partial charge in [-0.15, -0.1) is 0 Å². The van der Waals surface area contributed by atoms with Crippen molar-refractivity contribution in [2.24, 2.45) is 5.73 Å². The van der Waals surface area contributed by atoms with Crippen LogP contribution in [0.2, 0.25) is 0 Å². The van der Waals surface area contributed by atoms with E-state index in [1.807, 2.05) is 57.2 Å². The molecule has 0 unspecified atom stereocenters. The maximum absolute atomic E-state index is 11.7. The minimum absolute atomic E-state index is 0.419. The third kappa shape index (κ3) is 5.95. The van der Waals surface area contributed by atoms with Crippen LogP contribution in [0.5, 0.6) is 0 Å². The van der Waals surface area contributed by atoms with Crippen molar-refractivity contribution < 1.29 is 14.3 Å². The summed E-state index contributed by atoms with van der Waals surface area (Å²) in [6.45, 7) is 5.97. The first-order chi connectivity index (χ1) is 11.7. The highest BCUT2D eigenvalue weighted by atomic mass is 16.6. The number of ether oxygens (including phenoxy) is 1. The smallest absolute Gasteiger partial charge is 0.407 e. The average Bonchev–Trinajstić information content (AvgIpc) is 2.53. The molecule has 0 aromatic heterocycles. The monoisotopic (exact) mass is 340 g/mol. The van der Waals surface area contributed by atoms with Crippen LogP contribution in [0.1, 0.15) is 36.7 Å². The second-order valence-corrected chi connectivity index (χ2v) is 6.82. The zero-order valence-corrected chi connectivity index (χ0v) is 14.8. The van der Waals surface area contributed by atoms with Crippen molar-refractivity contribution in [2.75, 3.05) is 6.54 Å². The van der Waals surface area contributed by atoms with Gasteiger partial charge >= 0.3 is 6.09 Å². The predicted molar refractivity (Wildman–Crippen MR) is 98.3 cm³/mol. The Bertz CT molecular complexity index is 764. The van der Waals surface area contributed by atoms with Crippen molar-refractivity contribution in [1.82, 2.24) is 5.32 Å². The van der Waals surface area contributed by atoms with Gasteiger partial charge in [0.05, 0.1) is 0 Å². The van der Waals surface area contributed by atoms with E-state index in [-0.39, 0.29) is 0 Å². The maximum Gasteiger partial charge on any atom is 0.407 e. The summed E-state index contributed by atoms with van der Waals surface area (Å²) < 4.78 is 5.21. The highest BCUT2D eigenvalue weighted by Gasteiger charge is 2.15. The summed E-state index contributed by atoms with van der Waals surface area (Å²) >= 11 is 0. The van der Waals surface area contributed by atoms with Crippen molar-refractivity contribution in [3.05, 3.63) is 59.7 Å². The Kier molecular flexibility index (Phi) is 5.80. The molecular formula is C20H24N2O3. The Hall–Kier alpha value is -2.82. The summed E-state index contributed by atoms with van der Waals surface area (Å²) in [5, 5.41) is 2.75. The number of alkyl carbamates (subject to hydrolysis) is 1. The largest absolute Gasteiger partial charge is 0.444 e. The third-order valence-electron chi connectivity index (χ3n) is 3.49. The van der Waals surface area contributed by atoms with Gasteiger partial charge in [-0.2, -0.15) is 0 Å². The first-order valence-corrected chi connectivity index (χ1v) is 8.21. The molecule has 0 atom stereocenters. The topological polar surface area (TPSA) is 81.4 Å². The standard InChI is InChI=1S/C20H24N2O3/c1-20(2,3)25-19(24)22-11-10-14-6-4-7-15(12-14)16-8-5-9-17(13-16)18(21)23/h4-9,12-13H,10-11H2,1-3H3,(H2,21,23)(H,22,24). The average molecular weight is 340 g/mol. The SMILES string of the molecule is CC(C)(C)OC(=O)NCCc1cccc(-c2cccc(C(N)=O)c2)c1. The van der Waals surface area contributed by atoms with Gasteiger partial charge in [0.2, 0.25) is 5.91 Å². The molecule has 5 heteroatoms. The number of hydrogen-bond donors (Lipinski definition) is 2. The lowest BCUT2D eigenvalue weighted by molar-refractivity contribution is 0.0528. The molecule has 0 saturated carbocycles. The number of nitrogens with one attached hydrogen (secondary N) is 1. The zero-order valence-electron chi connectivity index (χ0n) is 14.8. The molecule has 0 saturated heterocycles. The molecule has 2 aromatic carbocycles. The minimum atomic E-state index is -0.505. The van der Waals surface area contributed by atoms with Crippen molar-refractivity contribution in [1.29, 1.82) is 0 Å². The molecule has 0 spiro atoms. The molecule has 0 aliphatic rings. The van der Waals surface area contributed by atoms with Crippen LogP contribution in [-0.4, -0.2) is 24.1 Å². The highest BCUT2D eigenvalue weighted by Crippen LogP contribution is 2.21. The normalized spacial score (nSPS) is 11.0. The fraction of sp³-hybridized carbons (Fsp3) is 0.300. The second-order valence-electron chi connectivity index (χ2n) is 6.82. The Morgan fingerprint density at radius 1 is 1.04 bits per heavy atom. The van der Waals surface area contributed by atoms with Crippen molar-refractivity contribution in [3.8, 4) is 11.1 Å². The van der Waals surface area contributed by atoms with Crippen LogP contribution in [0.4, 0.5) is 4.79 Å².